The lowest BCUT2D eigenvalue weighted by molar-refractivity contribution is -0.182. The second-order valence-electron chi connectivity index (χ2n) is 7.03. The van der Waals surface area contributed by atoms with E-state index in [4.69, 9.17) is 0 Å². The molecule has 4 rings (SSSR count). The number of hydrogen-bond acceptors (Lipinski definition) is 4. The van der Waals surface area contributed by atoms with Crippen LogP contribution in [0.5, 0.6) is 0 Å². The Bertz CT molecular complexity index is 1070. The highest BCUT2D eigenvalue weighted by molar-refractivity contribution is 5.79. The van der Waals surface area contributed by atoms with E-state index in [9.17, 15) is 17.6 Å². The van der Waals surface area contributed by atoms with Gasteiger partial charge in [-0.1, -0.05) is 6.58 Å². The number of pyridine rings is 1. The summed E-state index contributed by atoms with van der Waals surface area (Å²) in [4.78, 5) is 12.3. The molecule has 1 aliphatic rings. The van der Waals surface area contributed by atoms with Gasteiger partial charge in [0, 0.05) is 24.5 Å². The van der Waals surface area contributed by atoms with E-state index in [1.807, 2.05) is 0 Å². The quantitative estimate of drug-likeness (QED) is 0.656. The molecule has 146 valence electrons. The molecule has 9 heteroatoms. The Morgan fingerprint density at radius 2 is 2.00 bits per heavy atom. The van der Waals surface area contributed by atoms with Gasteiger partial charge in [0.1, 0.15) is 5.65 Å². The Kier molecular flexibility index (Phi) is 4.13. The molecule has 0 amide bonds. The average molecular weight is 391 g/mol. The van der Waals surface area contributed by atoms with Gasteiger partial charge in [-0.3, -0.25) is 4.40 Å². The summed E-state index contributed by atoms with van der Waals surface area (Å²) >= 11 is 0. The van der Waals surface area contributed by atoms with Gasteiger partial charge in [0.25, 0.3) is 0 Å². The molecule has 0 radical (unpaired) electrons. The van der Waals surface area contributed by atoms with Crippen molar-refractivity contribution in [2.45, 2.75) is 25.9 Å². The van der Waals surface area contributed by atoms with Crippen LogP contribution in [-0.2, 0) is 0 Å². The summed E-state index contributed by atoms with van der Waals surface area (Å²) in [7, 11) is 0. The first kappa shape index (κ1) is 18.4. The molecule has 28 heavy (non-hydrogen) atoms. The third kappa shape index (κ3) is 3.10. The van der Waals surface area contributed by atoms with E-state index in [2.05, 4.69) is 26.8 Å². The Balaban J connectivity index is 1.53. The van der Waals surface area contributed by atoms with Gasteiger partial charge in [-0.15, -0.1) is 0 Å². The molecule has 3 aromatic heterocycles. The highest BCUT2D eigenvalue weighted by atomic mass is 19.4. The zero-order valence-electron chi connectivity index (χ0n) is 15.0. The van der Waals surface area contributed by atoms with E-state index in [1.54, 1.807) is 25.3 Å². The first-order valence-electron chi connectivity index (χ1n) is 8.67. The summed E-state index contributed by atoms with van der Waals surface area (Å²) < 4.78 is 54.1. The van der Waals surface area contributed by atoms with Crippen LogP contribution in [0.1, 0.15) is 29.7 Å². The minimum Gasteiger partial charge on any atom is -0.353 e. The predicted octanol–water partition coefficient (Wildman–Crippen LogP) is 4.39. The largest absolute Gasteiger partial charge is 0.396 e. The lowest BCUT2D eigenvalue weighted by Crippen LogP contribution is -2.31. The molecule has 3 aromatic rings. The maximum atomic E-state index is 13.8. The molecule has 1 N–H and O–H groups in total. The molecule has 1 saturated carbocycles. The van der Waals surface area contributed by atoms with Crippen LogP contribution in [0.3, 0.4) is 0 Å². The fourth-order valence-corrected chi connectivity index (χ4v) is 3.09. The van der Waals surface area contributed by atoms with Crippen molar-refractivity contribution in [2.24, 2.45) is 5.41 Å². The number of anilines is 1. The molecular weight excluding hydrogens is 374 g/mol. The summed E-state index contributed by atoms with van der Waals surface area (Å²) in [6.07, 6.45) is 0.213. The van der Waals surface area contributed by atoms with Gasteiger partial charge < -0.3 is 5.32 Å². The maximum Gasteiger partial charge on any atom is 0.396 e. The number of nitrogens with zero attached hydrogens (tertiary/aromatic N) is 4. The van der Waals surface area contributed by atoms with Gasteiger partial charge in [0.05, 0.1) is 17.3 Å². The zero-order valence-corrected chi connectivity index (χ0v) is 15.0. The first-order chi connectivity index (χ1) is 13.2. The van der Waals surface area contributed by atoms with Crippen LogP contribution < -0.4 is 5.32 Å². The molecule has 5 nitrogen and oxygen atoms in total. The SMILES string of the molecule is C=C(c1ccc2ncc(F)n2c1)c1cnc(NCC2(C(F)(F)F)CC2)nc1C. The second kappa shape index (κ2) is 6.29. The van der Waals surface area contributed by atoms with E-state index in [0.717, 1.165) is 6.20 Å². The molecule has 0 spiro atoms. The van der Waals surface area contributed by atoms with Crippen LogP contribution in [-0.4, -0.2) is 32.1 Å². The minimum atomic E-state index is -4.23. The summed E-state index contributed by atoms with van der Waals surface area (Å²) in [6, 6.07) is 3.43. The summed E-state index contributed by atoms with van der Waals surface area (Å²) in [5.74, 6) is -0.350. The van der Waals surface area contributed by atoms with Crippen molar-refractivity contribution < 1.29 is 17.6 Å². The smallest absolute Gasteiger partial charge is 0.353 e. The third-order valence-electron chi connectivity index (χ3n) is 5.15. The molecule has 0 aliphatic heterocycles. The number of rotatable bonds is 5. The topological polar surface area (TPSA) is 55.1 Å². The standard InChI is InChI=1S/C19H17F4N5/c1-11(13-3-4-16-24-8-15(20)28(16)9-13)14-7-25-17(27-12(14)2)26-10-18(5-6-18)19(21,22)23/h3-4,7-9H,1,5-6,10H2,2H3,(H,25,26,27). The van der Waals surface area contributed by atoms with Crippen LogP contribution in [0.15, 0.2) is 37.3 Å². The zero-order chi connectivity index (χ0) is 20.1. The van der Waals surface area contributed by atoms with Crippen molar-refractivity contribution >= 4 is 17.2 Å². The van der Waals surface area contributed by atoms with Crippen molar-refractivity contribution in [2.75, 3.05) is 11.9 Å². The normalized spacial score (nSPS) is 15.6. The van der Waals surface area contributed by atoms with Crippen LogP contribution >= 0.6 is 0 Å². The van der Waals surface area contributed by atoms with E-state index in [1.165, 1.54) is 10.6 Å². The number of hydrogen-bond donors (Lipinski definition) is 1. The van der Waals surface area contributed by atoms with Crippen molar-refractivity contribution in [3.05, 3.63) is 60.1 Å². The van der Waals surface area contributed by atoms with Gasteiger partial charge >= 0.3 is 6.18 Å². The summed E-state index contributed by atoms with van der Waals surface area (Å²) in [5, 5.41) is 2.70. The van der Waals surface area contributed by atoms with E-state index >= 15 is 0 Å². The number of nitrogens with one attached hydrogen (secondary N) is 1. The van der Waals surface area contributed by atoms with Gasteiger partial charge in [0.15, 0.2) is 0 Å². The number of fused-ring (bicyclic) bond motifs is 1. The number of aryl methyl sites for hydroxylation is 1. The van der Waals surface area contributed by atoms with Crippen molar-refractivity contribution in [3.63, 3.8) is 0 Å². The van der Waals surface area contributed by atoms with Crippen LogP contribution in [0.4, 0.5) is 23.5 Å². The lowest BCUT2D eigenvalue weighted by atomic mass is 10.0. The Hall–Kier alpha value is -2.97. The van der Waals surface area contributed by atoms with Crippen LogP contribution in [0.2, 0.25) is 0 Å². The molecule has 0 bridgehead atoms. The Morgan fingerprint density at radius 1 is 1.25 bits per heavy atom. The molecule has 1 aliphatic carbocycles. The predicted molar refractivity (Wildman–Crippen MR) is 96.3 cm³/mol. The van der Waals surface area contributed by atoms with E-state index < -0.39 is 17.5 Å². The van der Waals surface area contributed by atoms with Crippen LogP contribution in [0.25, 0.3) is 11.2 Å². The molecule has 0 atom stereocenters. The van der Waals surface area contributed by atoms with Crippen LogP contribution in [0, 0.1) is 18.3 Å². The number of alkyl halides is 3. The minimum absolute atomic E-state index is 0.116. The van der Waals surface area contributed by atoms with Gasteiger partial charge in [0.2, 0.25) is 11.9 Å². The highest BCUT2D eigenvalue weighted by Crippen LogP contribution is 2.57. The first-order valence-corrected chi connectivity index (χ1v) is 8.67. The number of aromatic nitrogens is 4. The molecule has 0 aromatic carbocycles. The summed E-state index contributed by atoms with van der Waals surface area (Å²) in [5.41, 5.74) is 1.23. The molecule has 3 heterocycles. The highest BCUT2D eigenvalue weighted by Gasteiger charge is 2.62. The number of halogens is 4. The van der Waals surface area contributed by atoms with Gasteiger partial charge in [-0.2, -0.15) is 17.6 Å². The Morgan fingerprint density at radius 3 is 2.64 bits per heavy atom. The van der Waals surface area contributed by atoms with Crippen molar-refractivity contribution in [3.8, 4) is 0 Å². The van der Waals surface area contributed by atoms with Gasteiger partial charge in [-0.25, -0.2) is 15.0 Å². The van der Waals surface area contributed by atoms with E-state index in [0.29, 0.717) is 28.0 Å². The second-order valence-corrected chi connectivity index (χ2v) is 7.03. The maximum absolute atomic E-state index is 13.8. The van der Waals surface area contributed by atoms with E-state index in [-0.39, 0.29) is 25.3 Å². The fraction of sp³-hybridized carbons (Fsp3) is 0.316. The molecule has 1 fully saturated rings. The fourth-order valence-electron chi connectivity index (χ4n) is 3.09. The third-order valence-corrected chi connectivity index (χ3v) is 5.15. The lowest BCUT2D eigenvalue weighted by Gasteiger charge is -2.19. The molecular formula is C19H17F4N5. The molecule has 0 unspecified atom stereocenters. The van der Waals surface area contributed by atoms with Gasteiger partial charge in [-0.05, 0) is 43.0 Å². The summed E-state index contributed by atoms with van der Waals surface area (Å²) in [6.45, 7) is 5.51. The van der Waals surface area contributed by atoms with Crippen molar-refractivity contribution in [1.29, 1.82) is 0 Å². The Labute approximate surface area is 158 Å². The number of imidazole rings is 1. The monoisotopic (exact) mass is 391 g/mol. The molecule has 0 saturated heterocycles. The van der Waals surface area contributed by atoms with Crippen molar-refractivity contribution in [1.82, 2.24) is 19.4 Å². The average Bonchev–Trinajstić information content (AvgIpc) is 3.37.